The first-order chi connectivity index (χ1) is 14.6. The second kappa shape index (κ2) is 7.56. The van der Waals surface area contributed by atoms with Crippen LogP contribution in [0.4, 0.5) is 0 Å². The zero-order valence-corrected chi connectivity index (χ0v) is 21.9. The van der Waals surface area contributed by atoms with Crippen LogP contribution in [0.15, 0.2) is 55.4 Å². The monoisotopic (exact) mass is 476 g/mol. The first-order valence-electron chi connectivity index (χ1n) is 11.6. The van der Waals surface area contributed by atoms with Gasteiger partial charge in [-0.15, -0.1) is 0 Å². The number of rotatable bonds is 2. The number of hydrogen-bond acceptors (Lipinski definition) is 4. The molecule has 0 saturated heterocycles. The van der Waals surface area contributed by atoms with Gasteiger partial charge in [-0.2, -0.15) is 0 Å². The fourth-order valence-corrected chi connectivity index (χ4v) is 8.11. The summed E-state index contributed by atoms with van der Waals surface area (Å²) in [5, 5.41) is 0. The van der Waals surface area contributed by atoms with E-state index in [9.17, 15) is 16.8 Å². The fraction of sp³-hybridized carbons (Fsp3) is 0.615. The summed E-state index contributed by atoms with van der Waals surface area (Å²) in [4.78, 5) is 1.17. The molecule has 0 amide bonds. The van der Waals surface area contributed by atoms with E-state index in [4.69, 9.17) is 0 Å². The van der Waals surface area contributed by atoms with Gasteiger partial charge in [0.1, 0.15) is 0 Å². The minimum Gasteiger partial charge on any atom is -0.223 e. The van der Waals surface area contributed by atoms with E-state index in [0.29, 0.717) is 35.5 Å². The average molecular weight is 477 g/mol. The van der Waals surface area contributed by atoms with Crippen LogP contribution in [0.2, 0.25) is 0 Å². The molecule has 0 aromatic rings. The molecule has 0 aliphatic heterocycles. The normalized spacial score (nSPS) is 22.8. The lowest BCUT2D eigenvalue weighted by Crippen LogP contribution is -2.31. The third-order valence-corrected chi connectivity index (χ3v) is 12.7. The van der Waals surface area contributed by atoms with E-state index in [2.05, 4.69) is 0 Å². The maximum Gasteiger partial charge on any atom is 0.179 e. The molecule has 0 fully saturated rings. The van der Waals surface area contributed by atoms with Gasteiger partial charge in [0.05, 0.1) is 9.49 Å². The van der Waals surface area contributed by atoms with Crippen LogP contribution in [-0.2, 0) is 19.7 Å². The first kappa shape index (κ1) is 23.7. The zero-order valence-electron chi connectivity index (χ0n) is 20.3. The third kappa shape index (κ3) is 3.91. The van der Waals surface area contributed by atoms with Crippen molar-refractivity contribution in [3.8, 4) is 0 Å². The van der Waals surface area contributed by atoms with Crippen LogP contribution in [0.3, 0.4) is 0 Å². The summed E-state index contributed by atoms with van der Waals surface area (Å²) in [6, 6.07) is 0. The molecule has 0 bridgehead atoms. The van der Waals surface area contributed by atoms with E-state index < -0.39 is 29.2 Å². The van der Waals surface area contributed by atoms with Gasteiger partial charge in [-0.3, -0.25) is 0 Å². The van der Waals surface area contributed by atoms with Crippen molar-refractivity contribution in [3.05, 3.63) is 55.4 Å². The number of hydrogen-bond donors (Lipinski definition) is 0. The van der Waals surface area contributed by atoms with E-state index in [-0.39, 0.29) is 0 Å². The van der Waals surface area contributed by atoms with Gasteiger partial charge in [0.15, 0.2) is 19.7 Å². The van der Waals surface area contributed by atoms with Crippen molar-refractivity contribution in [2.45, 2.75) is 102 Å². The van der Waals surface area contributed by atoms with Crippen LogP contribution in [0.1, 0.15) is 92.9 Å². The predicted molar refractivity (Wildman–Crippen MR) is 132 cm³/mol. The van der Waals surface area contributed by atoms with Crippen LogP contribution in [0.25, 0.3) is 0 Å². The SMILES string of the molecule is CC(C)(C)S(=O)(=O)C1=CCC2=C(C1)CC1=C(C2)CC2=C(CC=C(S(=O)(=O)C(C)(C)C)C2)C1. The summed E-state index contributed by atoms with van der Waals surface area (Å²) in [6.07, 6.45) is 9.93. The summed E-state index contributed by atoms with van der Waals surface area (Å²) in [5.41, 5.74) is 8.20. The highest BCUT2D eigenvalue weighted by Crippen LogP contribution is 2.49. The van der Waals surface area contributed by atoms with Crippen molar-refractivity contribution in [3.63, 3.8) is 0 Å². The van der Waals surface area contributed by atoms with Crippen molar-refractivity contribution in [1.29, 1.82) is 0 Å². The second-order valence-electron chi connectivity index (χ2n) is 11.7. The molecule has 0 spiro atoms. The Balaban J connectivity index is 1.49. The maximum atomic E-state index is 13.0. The molecule has 32 heavy (non-hydrogen) atoms. The van der Waals surface area contributed by atoms with Crippen molar-refractivity contribution >= 4 is 19.7 Å². The quantitative estimate of drug-likeness (QED) is 0.442. The summed E-state index contributed by atoms with van der Waals surface area (Å²) in [6.45, 7) is 10.6. The van der Waals surface area contributed by atoms with Gasteiger partial charge in [-0.1, -0.05) is 45.6 Å². The molecule has 4 aliphatic rings. The first-order valence-corrected chi connectivity index (χ1v) is 14.5. The van der Waals surface area contributed by atoms with Crippen molar-refractivity contribution in [2.75, 3.05) is 0 Å². The lowest BCUT2D eigenvalue weighted by Gasteiger charge is -2.36. The smallest absolute Gasteiger partial charge is 0.179 e. The molecule has 4 aliphatic carbocycles. The van der Waals surface area contributed by atoms with Gasteiger partial charge in [-0.05, 0) is 80.1 Å². The van der Waals surface area contributed by atoms with Gasteiger partial charge in [0.25, 0.3) is 0 Å². The van der Waals surface area contributed by atoms with Gasteiger partial charge in [0, 0.05) is 22.7 Å². The molecule has 0 N–H and O–H groups in total. The number of allylic oxidation sites excluding steroid dienone is 10. The number of sulfone groups is 2. The molecule has 0 aromatic heterocycles. The van der Waals surface area contributed by atoms with Crippen LogP contribution in [-0.4, -0.2) is 26.3 Å². The highest BCUT2D eigenvalue weighted by atomic mass is 32.2. The minimum absolute atomic E-state index is 0.547. The molecule has 4 nitrogen and oxygen atoms in total. The Kier molecular flexibility index (Phi) is 5.61. The molecule has 0 aromatic carbocycles. The van der Waals surface area contributed by atoms with Crippen LogP contribution in [0.5, 0.6) is 0 Å². The standard InChI is InChI=1S/C26H36O4S2/c1-25(2,3)31(27,28)23-9-7-17-11-20-14-22-16-24(32(29,30)26(4,5)6)10-8-18(22)12-19(20)13-21(17)15-23/h9-10H,7-8,11-16H2,1-6H3. The second-order valence-corrected chi connectivity index (χ2v) is 17.2. The Morgan fingerprint density at radius 3 is 1.09 bits per heavy atom. The maximum absolute atomic E-state index is 13.0. The van der Waals surface area contributed by atoms with Gasteiger partial charge in [0.2, 0.25) is 0 Å². The molecule has 4 rings (SSSR count). The summed E-state index contributed by atoms with van der Waals surface area (Å²) in [7, 11) is -6.59. The van der Waals surface area contributed by atoms with E-state index in [0.717, 1.165) is 25.7 Å². The lowest BCUT2D eigenvalue weighted by atomic mass is 9.72. The van der Waals surface area contributed by atoms with Crippen molar-refractivity contribution in [1.82, 2.24) is 0 Å². The van der Waals surface area contributed by atoms with E-state index in [1.807, 2.05) is 12.2 Å². The molecule has 0 saturated carbocycles. The predicted octanol–water partition coefficient (Wildman–Crippen LogP) is 6.25. The van der Waals surface area contributed by atoms with Gasteiger partial charge in [-0.25, -0.2) is 16.8 Å². The molecular formula is C26H36O4S2. The highest BCUT2D eigenvalue weighted by molar-refractivity contribution is 7.96. The lowest BCUT2D eigenvalue weighted by molar-refractivity contribution is 0.563. The zero-order chi connectivity index (χ0) is 23.7. The highest BCUT2D eigenvalue weighted by Gasteiger charge is 2.38. The molecular weight excluding hydrogens is 440 g/mol. The molecule has 0 heterocycles. The third-order valence-electron chi connectivity index (χ3n) is 7.44. The van der Waals surface area contributed by atoms with Crippen molar-refractivity contribution < 1.29 is 16.8 Å². The van der Waals surface area contributed by atoms with Crippen molar-refractivity contribution in [2.24, 2.45) is 0 Å². The summed E-state index contributed by atoms with van der Waals surface area (Å²) < 4.78 is 50.3. The van der Waals surface area contributed by atoms with Gasteiger partial charge < -0.3 is 0 Å². The van der Waals surface area contributed by atoms with Gasteiger partial charge >= 0.3 is 0 Å². The Morgan fingerprint density at radius 2 is 0.781 bits per heavy atom. The Morgan fingerprint density at radius 1 is 0.500 bits per heavy atom. The van der Waals surface area contributed by atoms with Crippen LogP contribution in [0, 0.1) is 0 Å². The van der Waals surface area contributed by atoms with Crippen LogP contribution < -0.4 is 0 Å². The largest absolute Gasteiger partial charge is 0.223 e. The summed E-state index contributed by atoms with van der Waals surface area (Å²) in [5.74, 6) is 0. The average Bonchev–Trinajstić information content (AvgIpc) is 2.68. The molecule has 176 valence electrons. The molecule has 6 heteroatoms. The molecule has 0 radical (unpaired) electrons. The Labute approximate surface area is 194 Å². The van der Waals surface area contributed by atoms with E-state index in [1.54, 1.807) is 41.5 Å². The minimum atomic E-state index is -3.29. The fourth-order valence-electron chi connectivity index (χ4n) is 5.20. The van der Waals surface area contributed by atoms with E-state index in [1.165, 1.54) is 33.4 Å². The van der Waals surface area contributed by atoms with Crippen LogP contribution >= 0.6 is 0 Å². The summed E-state index contributed by atoms with van der Waals surface area (Å²) >= 11 is 0. The Hall–Kier alpha value is -1.40. The Bertz CT molecular complexity index is 1140. The topological polar surface area (TPSA) is 68.3 Å². The van der Waals surface area contributed by atoms with E-state index >= 15 is 0 Å². The molecule has 0 atom stereocenters. The molecule has 0 unspecified atom stereocenters.